The Kier molecular flexibility index (Phi) is 8.06. The van der Waals surface area contributed by atoms with Crippen LogP contribution in [-0.2, 0) is 4.74 Å². The van der Waals surface area contributed by atoms with Crippen molar-refractivity contribution >= 4 is 5.69 Å². The predicted molar refractivity (Wildman–Crippen MR) is 127 cm³/mol. The van der Waals surface area contributed by atoms with E-state index in [-0.39, 0.29) is 0 Å². The molecule has 1 aromatic heterocycles. The highest BCUT2D eigenvalue weighted by Crippen LogP contribution is 2.41. The zero-order valence-corrected chi connectivity index (χ0v) is 19.5. The van der Waals surface area contributed by atoms with Crippen LogP contribution in [0, 0.1) is 12.3 Å². The first-order chi connectivity index (χ1) is 16.0. The van der Waals surface area contributed by atoms with Gasteiger partial charge < -0.3 is 34.0 Å². The quantitative estimate of drug-likeness (QED) is 0.324. The van der Waals surface area contributed by atoms with Gasteiger partial charge in [0.25, 0.3) is 0 Å². The van der Waals surface area contributed by atoms with Crippen molar-refractivity contribution in [1.29, 1.82) is 0 Å². The Morgan fingerprint density at radius 1 is 1.06 bits per heavy atom. The van der Waals surface area contributed by atoms with Crippen molar-refractivity contribution in [1.82, 2.24) is 9.97 Å². The molecule has 174 valence electrons. The highest BCUT2D eigenvalue weighted by atomic mass is 16.7. The minimum atomic E-state index is -0.518. The maximum Gasteiger partial charge on any atom is 0.203 e. The number of rotatable bonds is 11. The van der Waals surface area contributed by atoms with Gasteiger partial charge in [-0.25, -0.2) is 4.98 Å². The summed E-state index contributed by atoms with van der Waals surface area (Å²) in [5, 5.41) is 3.39. The normalized spacial score (nSPS) is 12.4. The fraction of sp³-hybridized carbons (Fsp3) is 0.320. The van der Waals surface area contributed by atoms with Crippen LogP contribution in [0.3, 0.4) is 0 Å². The molecule has 3 rings (SSSR count). The lowest BCUT2D eigenvalue weighted by atomic mass is 10.0. The molecule has 1 heterocycles. The fourth-order valence-electron chi connectivity index (χ4n) is 3.41. The van der Waals surface area contributed by atoms with Crippen LogP contribution < -0.4 is 24.3 Å². The van der Waals surface area contributed by atoms with Crippen LogP contribution >= 0.6 is 0 Å². The van der Waals surface area contributed by atoms with Gasteiger partial charge in [0.1, 0.15) is 17.6 Å². The number of aromatic nitrogens is 2. The number of hydrogen-bond donors (Lipinski definition) is 2. The van der Waals surface area contributed by atoms with Crippen molar-refractivity contribution in [3.8, 4) is 46.7 Å². The van der Waals surface area contributed by atoms with Crippen LogP contribution in [-0.4, -0.2) is 44.2 Å². The average Bonchev–Trinajstić information content (AvgIpc) is 3.37. The lowest BCUT2D eigenvalue weighted by Crippen LogP contribution is -2.18. The Labute approximate surface area is 194 Å². The van der Waals surface area contributed by atoms with Crippen LogP contribution in [0.15, 0.2) is 42.7 Å². The van der Waals surface area contributed by atoms with Crippen molar-refractivity contribution in [3.05, 3.63) is 48.3 Å². The minimum Gasteiger partial charge on any atom is -0.493 e. The van der Waals surface area contributed by atoms with Crippen molar-refractivity contribution in [2.45, 2.75) is 26.2 Å². The summed E-state index contributed by atoms with van der Waals surface area (Å²) >= 11 is 0. The molecule has 0 saturated heterocycles. The molecule has 8 heteroatoms. The summed E-state index contributed by atoms with van der Waals surface area (Å²) in [5.41, 5.74) is 2.32. The smallest absolute Gasteiger partial charge is 0.203 e. The summed E-state index contributed by atoms with van der Waals surface area (Å²) in [6, 6.07) is 8.82. The molecule has 0 aliphatic rings. The number of imidazole rings is 1. The van der Waals surface area contributed by atoms with E-state index >= 15 is 0 Å². The second-order valence-corrected chi connectivity index (χ2v) is 6.99. The molecule has 2 unspecified atom stereocenters. The van der Waals surface area contributed by atoms with E-state index in [0.29, 0.717) is 35.3 Å². The Balaban J connectivity index is 2.01. The van der Waals surface area contributed by atoms with E-state index in [1.165, 1.54) is 0 Å². The van der Waals surface area contributed by atoms with E-state index in [1.54, 1.807) is 33.7 Å². The molecular weight excluding hydrogens is 422 g/mol. The maximum atomic E-state index is 6.01. The molecule has 2 aromatic carbocycles. The molecule has 3 aromatic rings. The second kappa shape index (κ2) is 11.2. The number of anilines is 1. The Hall–Kier alpha value is -3.83. The number of benzene rings is 2. The summed E-state index contributed by atoms with van der Waals surface area (Å²) in [5.74, 6) is 5.64. The highest BCUT2D eigenvalue weighted by molar-refractivity contribution is 5.69. The van der Waals surface area contributed by atoms with Crippen molar-refractivity contribution in [3.63, 3.8) is 0 Å². The zero-order valence-electron chi connectivity index (χ0n) is 19.5. The highest BCUT2D eigenvalue weighted by Gasteiger charge is 2.20. The van der Waals surface area contributed by atoms with Crippen LogP contribution in [0.4, 0.5) is 5.69 Å². The number of nitrogens with one attached hydrogen (secondary N) is 2. The second-order valence-electron chi connectivity index (χ2n) is 6.99. The van der Waals surface area contributed by atoms with Gasteiger partial charge in [0.2, 0.25) is 5.75 Å². The molecular formula is C25H29N3O5. The SMILES string of the molecule is C#CC(Nc1cc(-c2ncc[nH]2)ccc1OC(C)OCC)c1cc(OC)c(OC)c(OC)c1. The first-order valence-corrected chi connectivity index (χ1v) is 10.5. The number of H-pyrrole nitrogens is 1. The van der Waals surface area contributed by atoms with E-state index in [0.717, 1.165) is 17.0 Å². The Morgan fingerprint density at radius 2 is 1.79 bits per heavy atom. The summed E-state index contributed by atoms with van der Waals surface area (Å²) in [7, 11) is 4.68. The van der Waals surface area contributed by atoms with Crippen molar-refractivity contribution < 1.29 is 23.7 Å². The number of nitrogens with zero attached hydrogens (tertiary/aromatic N) is 1. The molecule has 0 radical (unpaired) electrons. The molecule has 0 fully saturated rings. The van der Waals surface area contributed by atoms with Gasteiger partial charge in [-0.2, -0.15) is 0 Å². The fourth-order valence-corrected chi connectivity index (χ4v) is 3.41. The van der Waals surface area contributed by atoms with Gasteiger partial charge in [0, 0.05) is 24.6 Å². The summed E-state index contributed by atoms with van der Waals surface area (Å²) in [6.45, 7) is 4.29. The van der Waals surface area contributed by atoms with Gasteiger partial charge >= 0.3 is 0 Å². The molecule has 0 aliphatic heterocycles. The largest absolute Gasteiger partial charge is 0.493 e. The molecule has 33 heavy (non-hydrogen) atoms. The third-order valence-corrected chi connectivity index (χ3v) is 4.93. The number of methoxy groups -OCH3 is 3. The van der Waals surface area contributed by atoms with E-state index in [2.05, 4.69) is 21.2 Å². The number of terminal acetylenes is 1. The summed E-state index contributed by atoms with van der Waals surface area (Å²) in [4.78, 5) is 7.44. The van der Waals surface area contributed by atoms with Crippen LogP contribution in [0.1, 0.15) is 25.5 Å². The number of aromatic amines is 1. The van der Waals surface area contributed by atoms with Gasteiger partial charge in [-0.3, -0.25) is 0 Å². The topological polar surface area (TPSA) is 86.9 Å². The molecule has 0 bridgehead atoms. The van der Waals surface area contributed by atoms with Gasteiger partial charge in [0.05, 0.1) is 27.0 Å². The monoisotopic (exact) mass is 451 g/mol. The maximum absolute atomic E-state index is 6.01. The average molecular weight is 452 g/mol. The Bertz CT molecular complexity index is 1070. The van der Waals surface area contributed by atoms with Crippen LogP contribution in [0.5, 0.6) is 23.0 Å². The minimum absolute atomic E-state index is 0.435. The summed E-state index contributed by atoms with van der Waals surface area (Å²) in [6.07, 6.45) is 8.96. The molecule has 0 saturated carbocycles. The summed E-state index contributed by atoms with van der Waals surface area (Å²) < 4.78 is 27.9. The van der Waals surface area contributed by atoms with E-state index in [1.807, 2.05) is 44.2 Å². The molecule has 0 amide bonds. The molecule has 8 nitrogen and oxygen atoms in total. The van der Waals surface area contributed by atoms with E-state index in [4.69, 9.17) is 30.1 Å². The van der Waals surface area contributed by atoms with Crippen molar-refractivity contribution in [2.75, 3.05) is 33.3 Å². The van der Waals surface area contributed by atoms with Crippen molar-refractivity contribution in [2.24, 2.45) is 0 Å². The van der Waals surface area contributed by atoms with Gasteiger partial charge in [-0.15, -0.1) is 6.42 Å². The lowest BCUT2D eigenvalue weighted by Gasteiger charge is -2.22. The van der Waals surface area contributed by atoms with E-state index in [9.17, 15) is 0 Å². The van der Waals surface area contributed by atoms with Crippen LogP contribution in [0.25, 0.3) is 11.4 Å². The molecule has 2 N–H and O–H groups in total. The molecule has 0 aliphatic carbocycles. The third-order valence-electron chi connectivity index (χ3n) is 4.93. The molecule has 0 spiro atoms. The third kappa shape index (κ3) is 5.51. The lowest BCUT2D eigenvalue weighted by molar-refractivity contribution is -0.0609. The van der Waals surface area contributed by atoms with Gasteiger partial charge in [-0.05, 0) is 49.7 Å². The first kappa shape index (κ1) is 23.8. The van der Waals surface area contributed by atoms with Gasteiger partial charge in [0.15, 0.2) is 17.8 Å². The molecule has 2 atom stereocenters. The zero-order chi connectivity index (χ0) is 23.8. The van der Waals surface area contributed by atoms with Crippen LogP contribution in [0.2, 0.25) is 0 Å². The number of hydrogen-bond acceptors (Lipinski definition) is 7. The van der Waals surface area contributed by atoms with Gasteiger partial charge in [-0.1, -0.05) is 5.92 Å². The number of ether oxygens (including phenoxy) is 5. The first-order valence-electron chi connectivity index (χ1n) is 10.5. The Morgan fingerprint density at radius 3 is 2.33 bits per heavy atom. The van der Waals surface area contributed by atoms with E-state index < -0.39 is 12.3 Å². The predicted octanol–water partition coefficient (Wildman–Crippen LogP) is 4.65. The standard InChI is InChI=1S/C25H29N3O5/c1-7-19(18-14-22(29-4)24(31-6)23(15-18)30-5)28-20-13-17(25-26-11-12-27-25)9-10-21(20)33-16(3)32-8-2/h1,9-16,19,28H,8H2,2-6H3,(H,26,27).